The number of aryl methyl sites for hydroxylation is 1. The maximum atomic E-state index is 11.6. The number of rotatable bonds is 5. The van der Waals surface area contributed by atoms with Crippen LogP contribution >= 0.6 is 23.1 Å². The van der Waals surface area contributed by atoms with Crippen molar-refractivity contribution in [2.45, 2.75) is 24.6 Å². The molecule has 0 atom stereocenters. The van der Waals surface area contributed by atoms with Crippen molar-refractivity contribution in [3.63, 3.8) is 0 Å². The third-order valence-corrected chi connectivity index (χ3v) is 4.05. The van der Waals surface area contributed by atoms with Crippen LogP contribution in [0.15, 0.2) is 9.72 Å². The van der Waals surface area contributed by atoms with Crippen molar-refractivity contribution in [3.05, 3.63) is 11.1 Å². The van der Waals surface area contributed by atoms with Crippen molar-refractivity contribution in [2.24, 2.45) is 0 Å². The Hall–Kier alpha value is -0.350. The first-order valence-corrected chi connectivity index (χ1v) is 7.18. The van der Waals surface area contributed by atoms with Crippen LogP contribution in [0.1, 0.15) is 19.0 Å². The fourth-order valence-electron chi connectivity index (χ4n) is 1.17. The first kappa shape index (κ1) is 17.6. The summed E-state index contributed by atoms with van der Waals surface area (Å²) in [6, 6.07) is 0. The Morgan fingerprint density at radius 1 is 1.56 bits per heavy atom. The van der Waals surface area contributed by atoms with Crippen molar-refractivity contribution in [2.75, 3.05) is 18.3 Å². The van der Waals surface area contributed by atoms with E-state index < -0.39 is 5.97 Å². The summed E-state index contributed by atoms with van der Waals surface area (Å²) >= 11 is 3.08. The van der Waals surface area contributed by atoms with Gasteiger partial charge in [-0.15, -0.1) is 5.43 Å². The maximum absolute atomic E-state index is 11.6. The number of halogens is 1. The van der Waals surface area contributed by atoms with Crippen LogP contribution in [0.3, 0.4) is 0 Å². The largest absolute Gasteiger partial charge is 1.00 e. The Labute approximate surface area is 131 Å². The quantitative estimate of drug-likeness (QED) is 0.206. The molecule has 0 saturated carbocycles. The zero-order valence-corrected chi connectivity index (χ0v) is 14.1. The number of carbonyl (C=O) groups is 2. The number of esters is 1. The fourth-order valence-corrected chi connectivity index (χ4v) is 2.74. The predicted molar refractivity (Wildman–Crippen MR) is 66.6 cm³/mol. The Morgan fingerprint density at radius 3 is 2.78 bits per heavy atom. The number of hydrogen-bond acceptors (Lipinski definition) is 5. The minimum absolute atomic E-state index is 0. The summed E-state index contributed by atoms with van der Waals surface area (Å²) in [5.41, 5.74) is 3.59. The number of ether oxygens (including phenoxy) is 1. The molecule has 1 heterocycles. The molecule has 102 valence electrons. The van der Waals surface area contributed by atoms with E-state index in [0.29, 0.717) is 0 Å². The molecule has 0 bridgehead atoms. The topological polar surface area (TPSA) is 59.3 Å². The lowest BCUT2D eigenvalue weighted by atomic mass is 10.4. The molecule has 0 aliphatic heterocycles. The average Bonchev–Trinajstić information content (AvgIpc) is 2.60. The lowest BCUT2D eigenvalue weighted by Crippen LogP contribution is -3.00. The second-order valence-electron chi connectivity index (χ2n) is 3.20. The number of hydrogen-bond donors (Lipinski definition) is 1. The monoisotopic (exact) mass is 402 g/mol. The van der Waals surface area contributed by atoms with Gasteiger partial charge in [-0.05, 0) is 24.9 Å². The molecular weight excluding hydrogens is 387 g/mol. The molecule has 1 rings (SSSR count). The molecule has 1 amide bonds. The molecule has 0 fully saturated rings. The smallest absolute Gasteiger partial charge is 0.326 e. The summed E-state index contributed by atoms with van der Waals surface area (Å²) in [6.45, 7) is 3.88. The Bertz CT molecular complexity index is 423. The van der Waals surface area contributed by atoms with Gasteiger partial charge in [0, 0.05) is 6.92 Å². The van der Waals surface area contributed by atoms with Crippen molar-refractivity contribution in [1.82, 2.24) is 0 Å². The zero-order chi connectivity index (χ0) is 12.8. The van der Waals surface area contributed by atoms with Gasteiger partial charge in [-0.1, -0.05) is 16.0 Å². The van der Waals surface area contributed by atoms with E-state index in [-0.39, 0.29) is 42.9 Å². The second-order valence-corrected chi connectivity index (χ2v) is 5.11. The molecule has 0 aliphatic rings. The number of nitrogens with zero attached hydrogens (tertiary/aromatic N) is 1. The number of amides is 1. The second kappa shape index (κ2) is 8.70. The predicted octanol–water partition coefficient (Wildman–Crippen LogP) is -1.91. The molecule has 18 heavy (non-hydrogen) atoms. The summed E-state index contributed by atoms with van der Waals surface area (Å²) in [4.78, 5) is 22.7. The van der Waals surface area contributed by atoms with E-state index in [4.69, 9.17) is 4.74 Å². The van der Waals surface area contributed by atoms with Crippen molar-refractivity contribution in [3.8, 4) is 0 Å². The van der Waals surface area contributed by atoms with Crippen LogP contribution in [-0.4, -0.2) is 24.7 Å². The number of thioether (sulfide) groups is 1. The molecule has 1 aromatic heterocycles. The Kier molecular flexibility index (Phi) is 8.53. The van der Waals surface area contributed by atoms with Crippen LogP contribution in [-0.2, 0) is 14.3 Å². The van der Waals surface area contributed by atoms with Gasteiger partial charge in [0.25, 0.3) is 5.91 Å². The van der Waals surface area contributed by atoms with E-state index in [2.05, 4.69) is 5.43 Å². The van der Waals surface area contributed by atoms with Crippen LogP contribution in [0, 0.1) is 6.92 Å². The number of nitrogens with one attached hydrogen (secondary N) is 1. The third kappa shape index (κ3) is 5.11. The molecule has 0 aromatic carbocycles. The van der Waals surface area contributed by atoms with Crippen LogP contribution in [0.25, 0.3) is 0 Å². The van der Waals surface area contributed by atoms with E-state index in [9.17, 15) is 9.59 Å². The highest BCUT2D eigenvalue weighted by atomic mass is 127. The summed E-state index contributed by atoms with van der Waals surface area (Å²) < 4.78 is 7.34. The van der Waals surface area contributed by atoms with Crippen LogP contribution < -0.4 is 34.1 Å². The van der Waals surface area contributed by atoms with Gasteiger partial charge in [0.15, 0.2) is 0 Å². The van der Waals surface area contributed by atoms with Gasteiger partial charge in [0.2, 0.25) is 5.69 Å². The number of carbonyl (C=O) groups excluding carboxylic acids is 2. The summed E-state index contributed by atoms with van der Waals surface area (Å²) in [6.07, 6.45) is 1.67. The first-order valence-electron chi connectivity index (χ1n) is 5.08. The molecule has 1 N–H and O–H groups in total. The molecule has 1 aromatic rings. The number of aromatic nitrogens is 1. The summed E-state index contributed by atoms with van der Waals surface area (Å²) in [5.74, 6) is -0.880. The molecule has 5 nitrogen and oxygen atoms in total. The van der Waals surface area contributed by atoms with E-state index in [1.165, 1.54) is 11.8 Å². The van der Waals surface area contributed by atoms with Gasteiger partial charge in [-0.2, -0.15) is 0 Å². The van der Waals surface area contributed by atoms with E-state index in [0.717, 1.165) is 10.0 Å². The van der Waals surface area contributed by atoms with Crippen LogP contribution in [0.5, 0.6) is 0 Å². The zero-order valence-electron chi connectivity index (χ0n) is 10.4. The molecule has 0 radical (unpaired) electrons. The molecule has 0 saturated heterocycles. The van der Waals surface area contributed by atoms with Crippen LogP contribution in [0.4, 0.5) is 0 Å². The van der Waals surface area contributed by atoms with Gasteiger partial charge in [0.1, 0.15) is 6.42 Å². The van der Waals surface area contributed by atoms with Crippen LogP contribution in [0.2, 0.25) is 0 Å². The Morgan fingerprint density at radius 2 is 2.22 bits per heavy atom. The molecule has 0 spiro atoms. The van der Waals surface area contributed by atoms with E-state index in [1.807, 2.05) is 18.6 Å². The van der Waals surface area contributed by atoms with Gasteiger partial charge in [-0.3, -0.25) is 9.59 Å². The Balaban J connectivity index is 0.00000289. The lowest BCUT2D eigenvalue weighted by Gasteiger charge is -2.01. The summed E-state index contributed by atoms with van der Waals surface area (Å²) in [5, 5.41) is 1.94. The van der Waals surface area contributed by atoms with Crippen molar-refractivity contribution < 1.29 is 43.0 Å². The standard InChI is InChI=1S/C10H14N2O3S2.HI/c1-4-15-9(14)5-8(13)11-12-7(2)6-17-10(12)16-3;/h6H,4-5H2,1-3H3;1H. The highest BCUT2D eigenvalue weighted by Crippen LogP contribution is 2.16. The van der Waals surface area contributed by atoms with Gasteiger partial charge in [0.05, 0.1) is 12.0 Å². The maximum Gasteiger partial charge on any atom is 0.326 e. The van der Waals surface area contributed by atoms with E-state index in [1.54, 1.807) is 22.9 Å². The van der Waals surface area contributed by atoms with Gasteiger partial charge < -0.3 is 28.7 Å². The molecule has 0 unspecified atom stereocenters. The SMILES string of the molecule is CCOC(=O)CC(=O)N[n+]1c(C)csc1SC.[I-]. The normalized spacial score (nSPS) is 9.50. The van der Waals surface area contributed by atoms with Crippen molar-refractivity contribution in [1.29, 1.82) is 0 Å². The first-order chi connectivity index (χ1) is 8.08. The van der Waals surface area contributed by atoms with Crippen molar-refractivity contribution >= 4 is 35.0 Å². The molecular formula is C10H15IN2O3S2. The van der Waals surface area contributed by atoms with E-state index >= 15 is 0 Å². The third-order valence-electron chi connectivity index (χ3n) is 1.89. The molecule has 0 aliphatic carbocycles. The fraction of sp³-hybridized carbons (Fsp3) is 0.500. The minimum Gasteiger partial charge on any atom is -1.00 e. The highest BCUT2D eigenvalue weighted by molar-refractivity contribution is 8.00. The highest BCUT2D eigenvalue weighted by Gasteiger charge is 2.21. The van der Waals surface area contributed by atoms with Gasteiger partial charge in [-0.25, -0.2) is 0 Å². The summed E-state index contributed by atoms with van der Waals surface area (Å²) in [7, 11) is 0. The number of thiazole rings is 1. The lowest BCUT2D eigenvalue weighted by molar-refractivity contribution is -0.679. The van der Waals surface area contributed by atoms with Gasteiger partial charge >= 0.3 is 10.3 Å². The average molecular weight is 402 g/mol. The minimum atomic E-state index is -0.510. The molecule has 8 heteroatoms.